The van der Waals surface area contributed by atoms with Crippen LogP contribution in [0.2, 0.25) is 10.0 Å². The van der Waals surface area contributed by atoms with Crippen LogP contribution in [0.25, 0.3) is 0 Å². The molecule has 0 aliphatic heterocycles. The van der Waals surface area contributed by atoms with E-state index in [9.17, 15) is 39.0 Å². The van der Waals surface area contributed by atoms with Gasteiger partial charge in [0.2, 0.25) is 10.9 Å². The molecule has 284 valence electrons. The number of amides is 2. The summed E-state index contributed by atoms with van der Waals surface area (Å²) in [4.78, 5) is 72.3. The molecule has 6 aromatic rings. The van der Waals surface area contributed by atoms with Gasteiger partial charge in [-0.2, -0.15) is 0 Å². The van der Waals surface area contributed by atoms with Gasteiger partial charge in [0.1, 0.15) is 11.4 Å². The Bertz CT molecular complexity index is 2510. The van der Waals surface area contributed by atoms with Crippen molar-refractivity contribution in [2.75, 3.05) is 49.9 Å². The molecule has 7 N–H and O–H groups in total. The Labute approximate surface area is 324 Å². The Morgan fingerprint density at radius 3 is 1.44 bits per heavy atom. The average Bonchev–Trinajstić information content (AvgIpc) is 3.17. The number of anilines is 7. The van der Waals surface area contributed by atoms with Crippen molar-refractivity contribution in [3.05, 3.63) is 153 Å². The van der Waals surface area contributed by atoms with Crippen molar-refractivity contribution < 1.29 is 19.8 Å². The Hall–Kier alpha value is -6.64. The van der Waals surface area contributed by atoms with Crippen LogP contribution in [0.5, 0.6) is 11.5 Å². The van der Waals surface area contributed by atoms with Gasteiger partial charge in [0, 0.05) is 55.2 Å². The maximum absolute atomic E-state index is 12.2. The number of carbonyl (C=O) groups excluding carboxylic acids is 2. The van der Waals surface area contributed by atoms with E-state index >= 15 is 0 Å². The van der Waals surface area contributed by atoms with Crippen LogP contribution in [0, 0.1) is 6.92 Å². The average molecular weight is 788 g/mol. The van der Waals surface area contributed by atoms with E-state index in [1.165, 1.54) is 48.2 Å². The number of phenolic OH excluding ortho intramolecular Hbond substituents is 2. The molecule has 0 fully saturated rings. The highest BCUT2D eigenvalue weighted by Crippen LogP contribution is 2.35. The highest BCUT2D eigenvalue weighted by Gasteiger charge is 2.24. The lowest BCUT2D eigenvalue weighted by molar-refractivity contribution is 0.0817. The lowest BCUT2D eigenvalue weighted by atomic mass is 10.1. The number of phenols is 2. The van der Waals surface area contributed by atoms with Crippen molar-refractivity contribution in [2.24, 2.45) is 0 Å². The van der Waals surface area contributed by atoms with Crippen LogP contribution < -0.4 is 43.4 Å². The van der Waals surface area contributed by atoms with Crippen LogP contribution in [-0.4, -0.2) is 60.0 Å². The molecule has 0 bridgehead atoms. The van der Waals surface area contributed by atoms with E-state index in [2.05, 4.69) is 16.0 Å². The van der Waals surface area contributed by atoms with Crippen LogP contribution in [0.15, 0.2) is 104 Å². The third-order valence-electron chi connectivity index (χ3n) is 7.86. The molecular formula is C39H36Cl2N6O8. The van der Waals surface area contributed by atoms with Gasteiger partial charge in [-0.05, 0) is 55.5 Å². The first-order valence-electron chi connectivity index (χ1n) is 16.2. The summed E-state index contributed by atoms with van der Waals surface area (Å²) in [7, 11) is 6.24. The topological polar surface area (TPSA) is 211 Å². The lowest BCUT2D eigenvalue weighted by Crippen LogP contribution is -2.35. The predicted molar refractivity (Wildman–Crippen MR) is 217 cm³/mol. The minimum atomic E-state index is -0.728. The molecule has 0 unspecified atom stereocenters. The first kappa shape index (κ1) is 41.1. The number of hydrogen-bond donors (Lipinski definition) is 6. The number of hydrogen-bond acceptors (Lipinski definition) is 12. The lowest BCUT2D eigenvalue weighted by Gasteiger charge is -2.18. The molecule has 2 amide bonds. The van der Waals surface area contributed by atoms with Gasteiger partial charge in [0.25, 0.3) is 22.7 Å². The smallest absolute Gasteiger partial charge is 0.257 e. The summed E-state index contributed by atoms with van der Waals surface area (Å²) in [5.74, 6) is -1.38. The van der Waals surface area contributed by atoms with Gasteiger partial charge < -0.3 is 41.7 Å². The van der Waals surface area contributed by atoms with Crippen LogP contribution in [-0.2, 0) is 0 Å². The van der Waals surface area contributed by atoms with Gasteiger partial charge in [-0.15, -0.1) is 0 Å². The fraction of sp³-hybridized carbons (Fsp3) is 0.128. The van der Waals surface area contributed by atoms with Crippen molar-refractivity contribution in [3.8, 4) is 11.5 Å². The third kappa shape index (κ3) is 9.48. The highest BCUT2D eigenvalue weighted by molar-refractivity contribution is 6.32. The second-order valence-corrected chi connectivity index (χ2v) is 13.2. The summed E-state index contributed by atoms with van der Waals surface area (Å²) < 4.78 is 0. The minimum Gasteiger partial charge on any atom is -0.505 e. The predicted octanol–water partition coefficient (Wildman–Crippen LogP) is 5.49. The quantitative estimate of drug-likeness (QED) is 0.0642. The number of nitrogen functional groups attached to an aromatic ring is 1. The molecular weight excluding hydrogens is 751 g/mol. The van der Waals surface area contributed by atoms with Crippen molar-refractivity contribution >= 4 is 74.8 Å². The van der Waals surface area contributed by atoms with E-state index in [1.807, 2.05) is 36.4 Å². The summed E-state index contributed by atoms with van der Waals surface area (Å²) >= 11 is 11.8. The molecule has 0 aliphatic carbocycles. The molecule has 55 heavy (non-hydrogen) atoms. The maximum Gasteiger partial charge on any atom is 0.257 e. The Kier molecular flexibility index (Phi) is 13.1. The third-order valence-corrected chi connectivity index (χ3v) is 8.29. The van der Waals surface area contributed by atoms with E-state index in [0.717, 1.165) is 5.69 Å². The molecule has 0 heterocycles. The summed E-state index contributed by atoms with van der Waals surface area (Å²) in [6, 6.07) is 23.6. The van der Waals surface area contributed by atoms with Gasteiger partial charge in [-0.1, -0.05) is 59.6 Å². The summed E-state index contributed by atoms with van der Waals surface area (Å²) in [6.07, 6.45) is 0. The van der Waals surface area contributed by atoms with E-state index in [-0.39, 0.29) is 61.7 Å². The van der Waals surface area contributed by atoms with Crippen LogP contribution in [0.4, 0.5) is 39.8 Å². The highest BCUT2D eigenvalue weighted by atomic mass is 35.5. The van der Waals surface area contributed by atoms with Crippen LogP contribution in [0.1, 0.15) is 26.3 Å². The number of carbonyl (C=O) groups is 2. The van der Waals surface area contributed by atoms with E-state index in [0.29, 0.717) is 22.0 Å². The number of para-hydroxylation sites is 2. The molecule has 0 aromatic heterocycles. The minimum absolute atomic E-state index is 0.00956. The molecule has 14 nitrogen and oxygen atoms in total. The number of halogens is 2. The van der Waals surface area contributed by atoms with Crippen LogP contribution in [0.3, 0.4) is 0 Å². The molecule has 6 aromatic carbocycles. The molecule has 6 rings (SSSR count). The molecule has 0 spiro atoms. The fourth-order valence-electron chi connectivity index (χ4n) is 4.87. The number of nitrogens with one attached hydrogen (secondary N) is 3. The number of nitrogens with zero attached hydrogens (tertiary/aromatic N) is 2. The van der Waals surface area contributed by atoms with Gasteiger partial charge in [-0.3, -0.25) is 28.8 Å². The standard InChI is InChI=1S/C19H16ClN3O4.C11H9NO2.C9H11ClN2O2/c1-23(2)19(27)12-8-10(20)9-13(16(12)24)22-15-14(17(25)18(15)26)21-11-6-4-3-5-7-11;1-7-9(11(14)10(7)13)12-8-5-3-2-4-6-8;1-12(2)9(14)6-3-5(10)4-7(11)8(6)13/h3-9,21-22,24H,1-2H3;2-6,12H,1H3;3-4,13H,11H2,1-2H3. The van der Waals surface area contributed by atoms with Crippen molar-refractivity contribution in [1.82, 2.24) is 9.80 Å². The van der Waals surface area contributed by atoms with E-state index in [4.69, 9.17) is 28.9 Å². The first-order chi connectivity index (χ1) is 25.9. The van der Waals surface area contributed by atoms with Gasteiger partial charge in [0.05, 0.1) is 28.2 Å². The molecule has 0 saturated carbocycles. The summed E-state index contributed by atoms with van der Waals surface area (Å²) in [6.45, 7) is 1.65. The van der Waals surface area contributed by atoms with Crippen molar-refractivity contribution in [2.45, 2.75) is 6.92 Å². The van der Waals surface area contributed by atoms with Gasteiger partial charge in [-0.25, -0.2) is 0 Å². The molecule has 0 aliphatic rings. The second kappa shape index (κ2) is 17.5. The summed E-state index contributed by atoms with van der Waals surface area (Å²) in [5.41, 5.74) is 5.93. The molecule has 0 atom stereocenters. The fourth-order valence-corrected chi connectivity index (χ4v) is 5.32. The van der Waals surface area contributed by atoms with Gasteiger partial charge in [0.15, 0.2) is 11.5 Å². The monoisotopic (exact) mass is 786 g/mol. The van der Waals surface area contributed by atoms with Crippen molar-refractivity contribution in [3.63, 3.8) is 0 Å². The van der Waals surface area contributed by atoms with E-state index in [1.54, 1.807) is 45.3 Å². The summed E-state index contributed by atoms with van der Waals surface area (Å²) in [5, 5.41) is 29.0. The number of aromatic hydroxyl groups is 2. The molecule has 0 saturated heterocycles. The molecule has 16 heteroatoms. The van der Waals surface area contributed by atoms with Gasteiger partial charge >= 0.3 is 0 Å². The number of nitrogens with two attached hydrogens (primary N) is 1. The second-order valence-electron chi connectivity index (χ2n) is 12.3. The Balaban J connectivity index is 0.000000202. The number of rotatable bonds is 8. The molecule has 0 radical (unpaired) electrons. The Morgan fingerprint density at radius 1 is 0.582 bits per heavy atom. The normalized spacial score (nSPS) is 10.4. The zero-order chi connectivity index (χ0) is 40.7. The zero-order valence-electron chi connectivity index (χ0n) is 30.2. The maximum atomic E-state index is 12.2. The van der Waals surface area contributed by atoms with E-state index < -0.39 is 22.2 Å². The Morgan fingerprint density at radius 2 is 0.982 bits per heavy atom. The first-order valence-corrected chi connectivity index (χ1v) is 17.0. The van der Waals surface area contributed by atoms with Crippen LogP contribution >= 0.6 is 23.2 Å². The zero-order valence-corrected chi connectivity index (χ0v) is 31.7. The van der Waals surface area contributed by atoms with Crippen molar-refractivity contribution in [1.29, 1.82) is 0 Å². The largest absolute Gasteiger partial charge is 0.505 e. The number of benzene rings is 4. The SMILES string of the molecule is CN(C)C(=O)c1cc(Cl)cc(N)c1O.CN(C)C(=O)c1cc(Cl)cc(Nc2c(Nc3ccccc3)c(=O)c2=O)c1O.Cc1c(Nc2ccccc2)c(=O)c1=O.